The summed E-state index contributed by atoms with van der Waals surface area (Å²) < 4.78 is 5.68. The van der Waals surface area contributed by atoms with E-state index in [0.29, 0.717) is 6.42 Å². The minimum atomic E-state index is 0.0360. The molecule has 0 saturated carbocycles. The summed E-state index contributed by atoms with van der Waals surface area (Å²) in [6.45, 7) is 4.57. The number of ether oxygens (including phenoxy) is 1. The second-order valence-electron chi connectivity index (χ2n) is 6.95. The lowest BCUT2D eigenvalue weighted by molar-refractivity contribution is -0.150. The average Bonchev–Trinajstić information content (AvgIpc) is 2.45. The summed E-state index contributed by atoms with van der Waals surface area (Å²) >= 11 is 0. The molecule has 0 radical (unpaired) electrons. The quantitative estimate of drug-likeness (QED) is 0.582. The van der Waals surface area contributed by atoms with Crippen LogP contribution in [0.15, 0.2) is 0 Å². The van der Waals surface area contributed by atoms with Crippen LogP contribution in [0, 0.1) is 5.92 Å². The largest absolute Gasteiger partial charge is 0.462 e. The van der Waals surface area contributed by atoms with Crippen LogP contribution in [-0.2, 0) is 9.53 Å². The normalized spacial score (nSPS) is 28.0. The van der Waals surface area contributed by atoms with Crippen LogP contribution in [0.4, 0.5) is 0 Å². The van der Waals surface area contributed by atoms with Crippen LogP contribution < -0.4 is 0 Å². The number of hydrogen-bond acceptors (Lipinski definition) is 2. The van der Waals surface area contributed by atoms with Gasteiger partial charge in [0.15, 0.2) is 0 Å². The molecule has 0 aromatic carbocycles. The maximum Gasteiger partial charge on any atom is 0.306 e. The standard InChI is InChI=1S/C19H36O2/c1-3-12-18-15-11-10-14-17(2)13-8-6-4-5-7-9-16-19(20)21-18/h17-18H,3-16H2,1-2H3. The van der Waals surface area contributed by atoms with Gasteiger partial charge >= 0.3 is 5.97 Å². The summed E-state index contributed by atoms with van der Waals surface area (Å²) in [6, 6.07) is 0. The Morgan fingerprint density at radius 2 is 1.48 bits per heavy atom. The SMILES string of the molecule is CCCC1CCCCC(C)CCCCCCCCC(=O)O1. The molecule has 0 bridgehead atoms. The van der Waals surface area contributed by atoms with E-state index in [2.05, 4.69) is 13.8 Å². The molecule has 0 amide bonds. The fourth-order valence-electron chi connectivity index (χ4n) is 3.31. The van der Waals surface area contributed by atoms with Gasteiger partial charge in [-0.2, -0.15) is 0 Å². The van der Waals surface area contributed by atoms with Crippen molar-refractivity contribution in [3.05, 3.63) is 0 Å². The first-order valence-corrected chi connectivity index (χ1v) is 9.41. The Morgan fingerprint density at radius 1 is 0.905 bits per heavy atom. The summed E-state index contributed by atoms with van der Waals surface area (Å²) in [5.41, 5.74) is 0. The second-order valence-corrected chi connectivity index (χ2v) is 6.95. The molecule has 1 aliphatic rings. The molecule has 1 heterocycles. The zero-order valence-electron chi connectivity index (χ0n) is 14.4. The van der Waals surface area contributed by atoms with E-state index in [1.165, 1.54) is 57.8 Å². The molecule has 0 aromatic rings. The highest BCUT2D eigenvalue weighted by Crippen LogP contribution is 2.20. The number of cyclic esters (lactones) is 1. The predicted molar refractivity (Wildman–Crippen MR) is 89.4 cm³/mol. The monoisotopic (exact) mass is 296 g/mol. The van der Waals surface area contributed by atoms with Gasteiger partial charge in [-0.3, -0.25) is 4.79 Å². The van der Waals surface area contributed by atoms with Crippen LogP contribution in [0.3, 0.4) is 0 Å². The number of carbonyl (C=O) groups excluding carboxylic acids is 1. The van der Waals surface area contributed by atoms with E-state index in [1.54, 1.807) is 0 Å². The Labute approximate surface area is 132 Å². The average molecular weight is 296 g/mol. The highest BCUT2D eigenvalue weighted by molar-refractivity contribution is 5.69. The highest BCUT2D eigenvalue weighted by Gasteiger charge is 2.14. The van der Waals surface area contributed by atoms with Crippen molar-refractivity contribution < 1.29 is 9.53 Å². The van der Waals surface area contributed by atoms with Crippen LogP contribution in [-0.4, -0.2) is 12.1 Å². The molecule has 2 unspecified atom stereocenters. The first kappa shape index (κ1) is 18.5. The summed E-state index contributed by atoms with van der Waals surface area (Å²) in [6.07, 6.45) is 16.8. The Bertz CT molecular complexity index is 262. The van der Waals surface area contributed by atoms with Gasteiger partial charge < -0.3 is 4.74 Å². The molecule has 21 heavy (non-hydrogen) atoms. The van der Waals surface area contributed by atoms with Gasteiger partial charge in [-0.25, -0.2) is 0 Å². The van der Waals surface area contributed by atoms with Gasteiger partial charge in [0.2, 0.25) is 0 Å². The van der Waals surface area contributed by atoms with E-state index in [-0.39, 0.29) is 12.1 Å². The lowest BCUT2D eigenvalue weighted by Gasteiger charge is -2.18. The zero-order valence-corrected chi connectivity index (χ0v) is 14.4. The Hall–Kier alpha value is -0.530. The van der Waals surface area contributed by atoms with Gasteiger partial charge in [-0.15, -0.1) is 0 Å². The molecule has 124 valence electrons. The van der Waals surface area contributed by atoms with Crippen LogP contribution in [0.5, 0.6) is 0 Å². The zero-order chi connectivity index (χ0) is 15.3. The lowest BCUT2D eigenvalue weighted by atomic mass is 9.95. The molecule has 2 nitrogen and oxygen atoms in total. The summed E-state index contributed by atoms with van der Waals surface area (Å²) in [5.74, 6) is 0.902. The Morgan fingerprint density at radius 3 is 2.19 bits per heavy atom. The van der Waals surface area contributed by atoms with E-state index in [1.807, 2.05) is 0 Å². The van der Waals surface area contributed by atoms with E-state index >= 15 is 0 Å². The molecule has 2 atom stereocenters. The minimum Gasteiger partial charge on any atom is -0.462 e. The minimum absolute atomic E-state index is 0.0360. The van der Waals surface area contributed by atoms with Crippen molar-refractivity contribution in [2.75, 3.05) is 0 Å². The van der Waals surface area contributed by atoms with E-state index in [0.717, 1.165) is 31.6 Å². The summed E-state index contributed by atoms with van der Waals surface area (Å²) in [7, 11) is 0. The molecule has 0 aromatic heterocycles. The number of hydrogen-bond donors (Lipinski definition) is 0. The van der Waals surface area contributed by atoms with Crippen molar-refractivity contribution in [1.82, 2.24) is 0 Å². The van der Waals surface area contributed by atoms with Gasteiger partial charge in [0.1, 0.15) is 6.10 Å². The molecular formula is C19H36O2. The van der Waals surface area contributed by atoms with Crippen molar-refractivity contribution in [3.8, 4) is 0 Å². The number of carbonyl (C=O) groups is 1. The lowest BCUT2D eigenvalue weighted by Crippen LogP contribution is -2.18. The number of esters is 1. The van der Waals surface area contributed by atoms with Gasteiger partial charge in [0.25, 0.3) is 0 Å². The Balaban J connectivity index is 2.38. The van der Waals surface area contributed by atoms with Crippen molar-refractivity contribution in [2.45, 2.75) is 110 Å². The van der Waals surface area contributed by atoms with Crippen LogP contribution >= 0.6 is 0 Å². The topological polar surface area (TPSA) is 26.3 Å². The molecule has 2 heteroatoms. The van der Waals surface area contributed by atoms with Crippen molar-refractivity contribution in [2.24, 2.45) is 5.92 Å². The van der Waals surface area contributed by atoms with E-state index < -0.39 is 0 Å². The molecule has 1 saturated heterocycles. The number of rotatable bonds is 2. The summed E-state index contributed by atoms with van der Waals surface area (Å²) in [5, 5.41) is 0. The maximum absolute atomic E-state index is 11.9. The van der Waals surface area contributed by atoms with Gasteiger partial charge in [0, 0.05) is 6.42 Å². The maximum atomic E-state index is 11.9. The molecule has 0 spiro atoms. The first-order chi connectivity index (χ1) is 10.2. The molecule has 1 aliphatic heterocycles. The van der Waals surface area contributed by atoms with Crippen LogP contribution in [0.2, 0.25) is 0 Å². The molecule has 0 aliphatic carbocycles. The van der Waals surface area contributed by atoms with Crippen molar-refractivity contribution >= 4 is 5.97 Å². The first-order valence-electron chi connectivity index (χ1n) is 9.41. The molecule has 1 rings (SSSR count). The molecule has 1 fully saturated rings. The van der Waals surface area contributed by atoms with E-state index in [9.17, 15) is 4.79 Å². The van der Waals surface area contributed by atoms with Crippen LogP contribution in [0.1, 0.15) is 104 Å². The fourth-order valence-corrected chi connectivity index (χ4v) is 3.31. The third-order valence-electron chi connectivity index (χ3n) is 4.71. The Kier molecular flexibility index (Phi) is 10.6. The fraction of sp³-hybridized carbons (Fsp3) is 0.947. The third kappa shape index (κ3) is 9.92. The highest BCUT2D eigenvalue weighted by atomic mass is 16.5. The second kappa shape index (κ2) is 12.1. The van der Waals surface area contributed by atoms with Gasteiger partial charge in [-0.05, 0) is 31.6 Å². The summed E-state index contributed by atoms with van der Waals surface area (Å²) in [4.78, 5) is 11.9. The van der Waals surface area contributed by atoms with E-state index in [4.69, 9.17) is 4.74 Å². The molecular weight excluding hydrogens is 260 g/mol. The molecule has 0 N–H and O–H groups in total. The smallest absolute Gasteiger partial charge is 0.306 e. The third-order valence-corrected chi connectivity index (χ3v) is 4.71. The predicted octanol–water partition coefficient (Wildman–Crippen LogP) is 6.03. The van der Waals surface area contributed by atoms with Gasteiger partial charge in [-0.1, -0.05) is 71.6 Å². The van der Waals surface area contributed by atoms with Crippen molar-refractivity contribution in [1.29, 1.82) is 0 Å². The van der Waals surface area contributed by atoms with Crippen molar-refractivity contribution in [3.63, 3.8) is 0 Å². The van der Waals surface area contributed by atoms with Gasteiger partial charge in [0.05, 0.1) is 0 Å². The van der Waals surface area contributed by atoms with Crippen LogP contribution in [0.25, 0.3) is 0 Å².